The summed E-state index contributed by atoms with van der Waals surface area (Å²) in [5.41, 5.74) is 2.23. The first-order chi connectivity index (χ1) is 13.6. The molecule has 0 radical (unpaired) electrons. The van der Waals surface area contributed by atoms with E-state index in [2.05, 4.69) is 6.92 Å². The quantitative estimate of drug-likeness (QED) is 0.730. The molecule has 1 unspecified atom stereocenters. The number of benzene rings is 2. The van der Waals surface area contributed by atoms with Crippen LogP contribution in [0.4, 0.5) is 0 Å². The molecule has 0 spiro atoms. The lowest BCUT2D eigenvalue weighted by Crippen LogP contribution is -3.14. The van der Waals surface area contributed by atoms with Crippen molar-refractivity contribution in [2.75, 3.05) is 13.7 Å². The Morgan fingerprint density at radius 3 is 2.79 bits per heavy atom. The highest BCUT2D eigenvalue weighted by atomic mass is 16.5. The minimum atomic E-state index is -0.117. The summed E-state index contributed by atoms with van der Waals surface area (Å²) in [6.07, 6.45) is 5.11. The van der Waals surface area contributed by atoms with E-state index in [-0.39, 0.29) is 11.2 Å². The Morgan fingerprint density at radius 1 is 1.18 bits per heavy atom. The van der Waals surface area contributed by atoms with Crippen LogP contribution in [0.5, 0.6) is 11.5 Å². The average molecular weight is 380 g/mol. The van der Waals surface area contributed by atoms with E-state index in [0.29, 0.717) is 46.0 Å². The van der Waals surface area contributed by atoms with Crippen molar-refractivity contribution in [3.05, 3.63) is 58.4 Å². The summed E-state index contributed by atoms with van der Waals surface area (Å²) in [6, 6.07) is 11.2. The Hall–Kier alpha value is -2.79. The van der Waals surface area contributed by atoms with E-state index in [9.17, 15) is 9.90 Å². The van der Waals surface area contributed by atoms with Crippen molar-refractivity contribution in [1.29, 1.82) is 0 Å². The highest BCUT2D eigenvalue weighted by Crippen LogP contribution is 2.31. The number of fused-ring (bicyclic) bond motifs is 1. The Labute approximate surface area is 164 Å². The first-order valence-electron chi connectivity index (χ1n) is 9.84. The topological polar surface area (TPSA) is 64.1 Å². The third-order valence-corrected chi connectivity index (χ3v) is 5.90. The predicted molar refractivity (Wildman–Crippen MR) is 109 cm³/mol. The second-order valence-corrected chi connectivity index (χ2v) is 7.60. The maximum atomic E-state index is 13.2. The molecule has 0 aliphatic carbocycles. The highest BCUT2D eigenvalue weighted by molar-refractivity contribution is 5.86. The van der Waals surface area contributed by atoms with Crippen LogP contribution in [0, 0.1) is 0 Å². The largest absolute Gasteiger partial charge is 0.507 e. The predicted octanol–water partition coefficient (Wildman–Crippen LogP) is 3.13. The monoisotopic (exact) mass is 380 g/mol. The molecule has 2 heterocycles. The molecule has 0 saturated carbocycles. The minimum absolute atomic E-state index is 0.117. The minimum Gasteiger partial charge on any atom is -0.507 e. The van der Waals surface area contributed by atoms with Gasteiger partial charge in [-0.1, -0.05) is 18.2 Å². The van der Waals surface area contributed by atoms with E-state index in [1.54, 1.807) is 19.2 Å². The number of phenolic OH excluding ortho intramolecular Hbond substituents is 1. The SMILES string of the molecule is COc1ccccc1-c1coc2c(C[NH+]3CCCC[C@H]3C)c(O)ccc2c1=O. The molecule has 146 valence electrons. The lowest BCUT2D eigenvalue weighted by atomic mass is 10.0. The molecule has 2 N–H and O–H groups in total. The molecule has 1 aliphatic heterocycles. The van der Waals surface area contributed by atoms with Crippen LogP contribution < -0.4 is 15.1 Å². The van der Waals surface area contributed by atoms with Gasteiger partial charge in [0.2, 0.25) is 5.43 Å². The molecular formula is C23H26NO4+. The number of quaternary nitrogens is 1. The zero-order valence-electron chi connectivity index (χ0n) is 16.3. The number of hydrogen-bond donors (Lipinski definition) is 2. The number of rotatable bonds is 4. The third kappa shape index (κ3) is 3.27. The van der Waals surface area contributed by atoms with Crippen LogP contribution in [0.2, 0.25) is 0 Å². The molecule has 4 rings (SSSR count). The first kappa shape index (κ1) is 18.6. The highest BCUT2D eigenvalue weighted by Gasteiger charge is 2.25. The van der Waals surface area contributed by atoms with E-state index in [4.69, 9.17) is 9.15 Å². The number of para-hydroxylation sites is 1. The van der Waals surface area contributed by atoms with Gasteiger partial charge in [-0.25, -0.2) is 0 Å². The molecular weight excluding hydrogens is 354 g/mol. The fourth-order valence-corrected chi connectivity index (χ4v) is 4.21. The number of likely N-dealkylation sites (tertiary alicyclic amines) is 1. The van der Waals surface area contributed by atoms with Gasteiger partial charge in [0.05, 0.1) is 36.2 Å². The molecule has 2 aromatic carbocycles. The number of aromatic hydroxyl groups is 1. The van der Waals surface area contributed by atoms with Crippen LogP contribution >= 0.6 is 0 Å². The molecule has 1 fully saturated rings. The zero-order chi connectivity index (χ0) is 19.7. The van der Waals surface area contributed by atoms with Gasteiger partial charge in [-0.05, 0) is 44.4 Å². The summed E-state index contributed by atoms with van der Waals surface area (Å²) in [6.45, 7) is 3.97. The molecule has 0 amide bonds. The molecule has 3 aromatic rings. The Balaban J connectivity index is 1.82. The summed E-state index contributed by atoms with van der Waals surface area (Å²) < 4.78 is 11.3. The van der Waals surface area contributed by atoms with Crippen LogP contribution in [-0.4, -0.2) is 24.8 Å². The number of methoxy groups -OCH3 is 1. The molecule has 28 heavy (non-hydrogen) atoms. The van der Waals surface area contributed by atoms with Crippen molar-refractivity contribution in [1.82, 2.24) is 0 Å². The van der Waals surface area contributed by atoms with Gasteiger partial charge >= 0.3 is 0 Å². The Morgan fingerprint density at radius 2 is 2.00 bits per heavy atom. The number of piperidine rings is 1. The molecule has 2 atom stereocenters. The smallest absolute Gasteiger partial charge is 0.200 e. The van der Waals surface area contributed by atoms with Gasteiger partial charge in [0.1, 0.15) is 29.9 Å². The number of hydrogen-bond acceptors (Lipinski definition) is 4. The van der Waals surface area contributed by atoms with Gasteiger partial charge in [-0.15, -0.1) is 0 Å². The molecule has 0 bridgehead atoms. The van der Waals surface area contributed by atoms with Crippen molar-refractivity contribution in [2.24, 2.45) is 0 Å². The van der Waals surface area contributed by atoms with Gasteiger partial charge in [0.25, 0.3) is 0 Å². The van der Waals surface area contributed by atoms with Crippen molar-refractivity contribution < 1.29 is 19.2 Å². The summed E-state index contributed by atoms with van der Waals surface area (Å²) in [7, 11) is 1.58. The van der Waals surface area contributed by atoms with Crippen LogP contribution in [0.15, 0.2) is 51.9 Å². The normalized spacial score (nSPS) is 19.6. The van der Waals surface area contributed by atoms with E-state index >= 15 is 0 Å². The maximum absolute atomic E-state index is 13.2. The molecule has 5 nitrogen and oxygen atoms in total. The van der Waals surface area contributed by atoms with Crippen LogP contribution in [-0.2, 0) is 6.54 Å². The summed E-state index contributed by atoms with van der Waals surface area (Å²) >= 11 is 0. The zero-order valence-corrected chi connectivity index (χ0v) is 16.3. The maximum Gasteiger partial charge on any atom is 0.200 e. The average Bonchev–Trinajstić information content (AvgIpc) is 2.72. The Bertz CT molecular complexity index is 1060. The lowest BCUT2D eigenvalue weighted by Gasteiger charge is -2.30. The van der Waals surface area contributed by atoms with Gasteiger partial charge in [-0.2, -0.15) is 0 Å². The number of phenols is 1. The molecule has 1 aromatic heterocycles. The van der Waals surface area contributed by atoms with E-state index in [1.807, 2.05) is 24.3 Å². The van der Waals surface area contributed by atoms with Crippen molar-refractivity contribution in [3.8, 4) is 22.6 Å². The van der Waals surface area contributed by atoms with Gasteiger partial charge < -0.3 is 19.2 Å². The fraction of sp³-hybridized carbons (Fsp3) is 0.348. The van der Waals surface area contributed by atoms with Crippen molar-refractivity contribution >= 4 is 11.0 Å². The number of nitrogens with one attached hydrogen (secondary N) is 1. The summed E-state index contributed by atoms with van der Waals surface area (Å²) in [4.78, 5) is 14.6. The second kappa shape index (κ2) is 7.68. The third-order valence-electron chi connectivity index (χ3n) is 5.90. The van der Waals surface area contributed by atoms with E-state index < -0.39 is 0 Å². The molecule has 1 saturated heterocycles. The fourth-order valence-electron chi connectivity index (χ4n) is 4.21. The van der Waals surface area contributed by atoms with Gasteiger partial charge in [-0.3, -0.25) is 4.79 Å². The van der Waals surface area contributed by atoms with Gasteiger partial charge in [0, 0.05) is 5.56 Å². The standard InChI is InChI=1S/C23H25NO4/c1-15-7-5-6-12-24(15)13-18-20(25)11-10-17-22(26)19(14-28-23(17)18)16-8-3-4-9-21(16)27-2/h3-4,8-11,14-15,25H,5-7,12-13H2,1-2H3/p+1/t15-/m1/s1. The van der Waals surface area contributed by atoms with Crippen LogP contribution in [0.1, 0.15) is 31.7 Å². The molecule has 5 heteroatoms. The number of ether oxygens (including phenoxy) is 1. The summed E-state index contributed by atoms with van der Waals surface area (Å²) in [5.74, 6) is 0.811. The van der Waals surface area contributed by atoms with E-state index in [1.165, 1.54) is 30.4 Å². The van der Waals surface area contributed by atoms with Gasteiger partial charge in [0.15, 0.2) is 0 Å². The Kier molecular flexibility index (Phi) is 5.09. The second-order valence-electron chi connectivity index (χ2n) is 7.60. The summed E-state index contributed by atoms with van der Waals surface area (Å²) in [5, 5.41) is 11.0. The van der Waals surface area contributed by atoms with Crippen LogP contribution in [0.3, 0.4) is 0 Å². The first-order valence-corrected chi connectivity index (χ1v) is 9.84. The lowest BCUT2D eigenvalue weighted by molar-refractivity contribution is -0.941. The van der Waals surface area contributed by atoms with E-state index in [0.717, 1.165) is 6.54 Å². The van der Waals surface area contributed by atoms with Crippen LogP contribution in [0.25, 0.3) is 22.1 Å². The molecule has 1 aliphatic rings. The van der Waals surface area contributed by atoms with Crippen molar-refractivity contribution in [2.45, 2.75) is 38.8 Å². The van der Waals surface area contributed by atoms with Crippen molar-refractivity contribution in [3.63, 3.8) is 0 Å².